The van der Waals surface area contributed by atoms with E-state index in [2.05, 4.69) is 23.9 Å². The van der Waals surface area contributed by atoms with E-state index >= 15 is 0 Å². The van der Waals surface area contributed by atoms with Crippen molar-refractivity contribution in [2.24, 2.45) is 0 Å². The summed E-state index contributed by atoms with van der Waals surface area (Å²) in [6.07, 6.45) is 1.82. The molecule has 0 aromatic carbocycles. The van der Waals surface area contributed by atoms with E-state index in [1.807, 2.05) is 0 Å². The summed E-state index contributed by atoms with van der Waals surface area (Å²) < 4.78 is 17.7. The molecule has 0 aromatic heterocycles. The fraction of sp³-hybridized carbons (Fsp3) is 0.833. The quantitative estimate of drug-likeness (QED) is 0.297. The molecule has 0 rings (SSSR count). The molecule has 0 N–H and O–H groups in total. The highest BCUT2D eigenvalue weighted by Gasteiger charge is 2.41. The maximum absolute atomic E-state index is 8.54. The molecule has 0 bridgehead atoms. The van der Waals surface area contributed by atoms with Crippen LogP contribution in [-0.4, -0.2) is 42.8 Å². The molecular weight excluding hydrogens is 340 g/mol. The minimum absolute atomic E-state index is 0.801. The van der Waals surface area contributed by atoms with Gasteiger partial charge in [0.25, 0.3) is 0 Å². The Balaban J connectivity index is 4.43. The van der Waals surface area contributed by atoms with Crippen LogP contribution in [0, 0.1) is 21.3 Å². The normalized spacial score (nSPS) is 16.5. The van der Waals surface area contributed by atoms with Crippen molar-refractivity contribution < 1.29 is 13.0 Å². The second-order valence-electron chi connectivity index (χ2n) is 4.86. The van der Waals surface area contributed by atoms with Crippen LogP contribution in [0.5, 0.6) is 0 Å². The zero-order valence-electron chi connectivity index (χ0n) is 13.2. The third kappa shape index (κ3) is 9.58. The largest absolute Gasteiger partial charge is 0.415 e. The van der Waals surface area contributed by atoms with Gasteiger partial charge in [-0.15, -0.1) is 0 Å². The number of nitriles is 2. The summed E-state index contributed by atoms with van der Waals surface area (Å²) in [5.41, 5.74) is 0. The van der Waals surface area contributed by atoms with Crippen molar-refractivity contribution >= 4 is 40.6 Å². The fourth-order valence-corrected chi connectivity index (χ4v) is 10.3. The van der Waals surface area contributed by atoms with Crippen LogP contribution >= 0.6 is 23.5 Å². The average Bonchev–Trinajstić information content (AvgIpc) is 2.48. The Kier molecular flexibility index (Phi) is 11.5. The lowest BCUT2D eigenvalue weighted by molar-refractivity contribution is 0.239. The Labute approximate surface area is 138 Å². The first-order valence-corrected chi connectivity index (χ1v) is 13.8. The van der Waals surface area contributed by atoms with Gasteiger partial charge in [-0.2, -0.15) is 10.5 Å². The van der Waals surface area contributed by atoms with E-state index in [1.165, 1.54) is 23.5 Å². The predicted molar refractivity (Wildman–Crippen MR) is 93.3 cm³/mol. The minimum atomic E-state index is -2.26. The van der Waals surface area contributed by atoms with Crippen molar-refractivity contribution in [1.82, 2.24) is 0 Å². The molecule has 120 valence electrons. The highest BCUT2D eigenvalue weighted by atomic mass is 32.2. The minimum Gasteiger partial charge on any atom is -0.415 e. The predicted octanol–water partition coefficient (Wildman–Crippen LogP) is 3.65. The number of nitrogens with zero attached hydrogens (tertiary/aromatic N) is 2. The summed E-state index contributed by atoms with van der Waals surface area (Å²) in [6, 6.07) is 1.72. The summed E-state index contributed by atoms with van der Waals surface area (Å²) in [6.45, 7) is 4.11. The van der Waals surface area contributed by atoms with E-state index in [0.717, 1.165) is 36.4 Å². The number of hydrogen-bond acceptors (Lipinski definition) is 7. The van der Waals surface area contributed by atoms with Gasteiger partial charge in [-0.1, -0.05) is 0 Å². The molecule has 0 aliphatic rings. The highest BCUT2D eigenvalue weighted by molar-refractivity contribution is 8.03. The van der Waals surface area contributed by atoms with E-state index in [4.69, 9.17) is 23.5 Å². The zero-order chi connectivity index (χ0) is 16.2. The van der Waals surface area contributed by atoms with Gasteiger partial charge in [-0.3, -0.25) is 0 Å². The molecule has 0 aliphatic carbocycles. The lowest BCUT2D eigenvalue weighted by Gasteiger charge is -2.35. The highest BCUT2D eigenvalue weighted by Crippen LogP contribution is 2.26. The van der Waals surface area contributed by atoms with Crippen LogP contribution in [0.2, 0.25) is 25.2 Å². The Morgan fingerprint density at radius 2 is 1.24 bits per heavy atom. The molecule has 0 fully saturated rings. The molecule has 0 spiro atoms. The molecule has 0 heterocycles. The molecule has 0 amide bonds. The molecule has 5 nitrogen and oxygen atoms in total. The smallest absolute Gasteiger partial charge is 0.325 e. The van der Waals surface area contributed by atoms with Crippen LogP contribution in [0.4, 0.5) is 0 Å². The summed E-state index contributed by atoms with van der Waals surface area (Å²) in [5.74, 6) is 1.60. The first-order chi connectivity index (χ1) is 9.95. The topological polar surface area (TPSA) is 75.3 Å². The Bertz CT molecular complexity index is 344. The van der Waals surface area contributed by atoms with Gasteiger partial charge in [0.15, 0.2) is 0 Å². The van der Waals surface area contributed by atoms with Crippen molar-refractivity contribution in [1.29, 1.82) is 10.5 Å². The summed E-state index contributed by atoms with van der Waals surface area (Å²) in [7, 11) is -1.12. The molecule has 0 saturated heterocycles. The second-order valence-corrected chi connectivity index (χ2v) is 13.8. The molecular formula is C12H24N2O3S2Si2. The lowest BCUT2D eigenvalue weighted by atomic mass is 10.6. The van der Waals surface area contributed by atoms with Gasteiger partial charge in [-0.25, -0.2) is 0 Å². The molecule has 2 unspecified atom stereocenters. The molecule has 0 aromatic rings. The van der Waals surface area contributed by atoms with Crippen molar-refractivity contribution in [2.75, 3.05) is 25.7 Å². The van der Waals surface area contributed by atoms with E-state index in [0.29, 0.717) is 0 Å². The maximum Gasteiger partial charge on any atom is 0.325 e. The third-order valence-corrected chi connectivity index (χ3v) is 12.1. The summed E-state index contributed by atoms with van der Waals surface area (Å²) >= 11 is 2.53. The number of rotatable bonds is 12. The zero-order valence-corrected chi connectivity index (χ0v) is 16.8. The number of thiocyanates is 2. The molecule has 0 saturated carbocycles. The molecule has 0 aliphatic heterocycles. The number of hydrogen-bond donors (Lipinski definition) is 0. The van der Waals surface area contributed by atoms with Gasteiger partial charge < -0.3 is 13.0 Å². The lowest BCUT2D eigenvalue weighted by Crippen LogP contribution is -2.51. The standard InChI is InChI=1S/C12H24N2O3S2Si2/c1-15-20(3,9-5-7-18-11-13)17-21(4,16-2)10-6-8-19-12-14/h5-10H2,1-4H3. The maximum atomic E-state index is 8.54. The van der Waals surface area contributed by atoms with Crippen LogP contribution in [0.15, 0.2) is 0 Å². The summed E-state index contributed by atoms with van der Waals surface area (Å²) in [5, 5.41) is 21.2. The van der Waals surface area contributed by atoms with Crippen molar-refractivity contribution in [3.05, 3.63) is 0 Å². The summed E-state index contributed by atoms with van der Waals surface area (Å²) in [4.78, 5) is 0. The van der Waals surface area contributed by atoms with Gasteiger partial charge in [0, 0.05) is 25.7 Å². The van der Waals surface area contributed by atoms with Crippen LogP contribution < -0.4 is 0 Å². The van der Waals surface area contributed by atoms with Gasteiger partial charge >= 0.3 is 17.1 Å². The van der Waals surface area contributed by atoms with Crippen molar-refractivity contribution in [3.63, 3.8) is 0 Å². The Morgan fingerprint density at radius 3 is 1.52 bits per heavy atom. The monoisotopic (exact) mass is 364 g/mol. The van der Waals surface area contributed by atoms with E-state index < -0.39 is 17.1 Å². The molecule has 9 heteroatoms. The van der Waals surface area contributed by atoms with E-state index in [9.17, 15) is 0 Å². The SMILES string of the molecule is CO[Si](C)(CCCSC#N)O[Si](C)(CCCSC#N)OC. The third-order valence-electron chi connectivity index (χ3n) is 3.18. The Hall–Kier alpha value is -0.00623. The second kappa shape index (κ2) is 11.5. The molecule has 21 heavy (non-hydrogen) atoms. The van der Waals surface area contributed by atoms with Crippen LogP contribution in [0.25, 0.3) is 0 Å². The van der Waals surface area contributed by atoms with Gasteiger partial charge in [0.1, 0.15) is 10.8 Å². The van der Waals surface area contributed by atoms with Crippen LogP contribution in [0.3, 0.4) is 0 Å². The number of thioether (sulfide) groups is 2. The average molecular weight is 365 g/mol. The van der Waals surface area contributed by atoms with Gasteiger partial charge in [0.05, 0.1) is 0 Å². The van der Waals surface area contributed by atoms with Gasteiger partial charge in [-0.05, 0) is 61.5 Å². The van der Waals surface area contributed by atoms with E-state index in [-0.39, 0.29) is 0 Å². The van der Waals surface area contributed by atoms with Crippen molar-refractivity contribution in [3.8, 4) is 10.8 Å². The van der Waals surface area contributed by atoms with Crippen LogP contribution in [0.1, 0.15) is 12.8 Å². The first kappa shape index (κ1) is 21.0. The van der Waals surface area contributed by atoms with Gasteiger partial charge in [0.2, 0.25) is 0 Å². The first-order valence-electron chi connectivity index (χ1n) is 6.77. The Morgan fingerprint density at radius 1 is 0.857 bits per heavy atom. The van der Waals surface area contributed by atoms with Crippen molar-refractivity contribution in [2.45, 2.75) is 38.0 Å². The fourth-order valence-electron chi connectivity index (χ4n) is 1.87. The molecule has 0 radical (unpaired) electrons. The molecule has 2 atom stereocenters. The van der Waals surface area contributed by atoms with Crippen LogP contribution in [-0.2, 0) is 13.0 Å². The van der Waals surface area contributed by atoms with E-state index in [1.54, 1.807) is 14.2 Å².